The van der Waals surface area contributed by atoms with E-state index in [9.17, 15) is 0 Å². The molecule has 0 bridgehead atoms. The smallest absolute Gasteiger partial charge is 0.340 e. The maximum atomic E-state index is 5.32. The van der Waals surface area contributed by atoms with E-state index in [1.165, 1.54) is 27.8 Å². The second kappa shape index (κ2) is 5.29. The summed E-state index contributed by atoms with van der Waals surface area (Å²) in [4.78, 5) is 0. The molecular formula is C6H10BN12S3-. The molecule has 3 aromatic heterocycles. The molecule has 22 heavy (non-hydrogen) atoms. The molecule has 0 saturated carbocycles. The Morgan fingerprint density at radius 1 is 0.591 bits per heavy atom. The van der Waals surface area contributed by atoms with Crippen molar-refractivity contribution in [2.45, 2.75) is 0 Å². The van der Waals surface area contributed by atoms with Gasteiger partial charge in [-0.1, -0.05) is 15.6 Å². The number of aryl methyl sites for hydroxylation is 3. The molecule has 0 unspecified atom stereocenters. The summed E-state index contributed by atoms with van der Waals surface area (Å²) >= 11 is 16.0. The molecule has 3 rings (SSSR count). The van der Waals surface area contributed by atoms with Crippen molar-refractivity contribution in [3.8, 4) is 0 Å². The second-order valence-electron chi connectivity index (χ2n) is 4.58. The van der Waals surface area contributed by atoms with Gasteiger partial charge in [-0.15, -0.1) is 0 Å². The topological polar surface area (TPSA) is 107 Å². The van der Waals surface area contributed by atoms with Crippen LogP contribution >= 0.6 is 36.7 Å². The maximum absolute atomic E-state index is 5.32. The first kappa shape index (κ1) is 14.9. The number of hydrogen-bond acceptors (Lipinski definition) is 9. The minimum absolute atomic E-state index is 0.375. The highest BCUT2D eigenvalue weighted by Gasteiger charge is 2.20. The monoisotopic (exact) mass is 357 g/mol. The van der Waals surface area contributed by atoms with E-state index in [0.29, 0.717) is 14.3 Å². The highest BCUT2D eigenvalue weighted by atomic mass is 32.1. The van der Waals surface area contributed by atoms with E-state index in [2.05, 4.69) is 31.3 Å². The summed E-state index contributed by atoms with van der Waals surface area (Å²) < 4.78 is 9.96. The van der Waals surface area contributed by atoms with Crippen LogP contribution < -0.4 is 0 Å². The van der Waals surface area contributed by atoms with Gasteiger partial charge >= 0.3 is 7.12 Å². The van der Waals surface area contributed by atoms with Crippen LogP contribution in [-0.4, -0.2) is 66.2 Å². The summed E-state index contributed by atoms with van der Waals surface area (Å²) in [7, 11) is 3.24. The molecule has 0 radical (unpaired) electrons. The van der Waals surface area contributed by atoms with Crippen LogP contribution in [0, 0.1) is 14.3 Å². The van der Waals surface area contributed by atoms with Gasteiger partial charge in [-0.3, -0.25) is 0 Å². The summed E-state index contributed by atoms with van der Waals surface area (Å²) in [6.07, 6.45) is 0. The lowest BCUT2D eigenvalue weighted by Gasteiger charge is -2.22. The Kier molecular flexibility index (Phi) is 3.57. The van der Waals surface area contributed by atoms with Gasteiger partial charge in [0.15, 0.2) is 14.3 Å². The van der Waals surface area contributed by atoms with Gasteiger partial charge < -0.3 is 13.8 Å². The van der Waals surface area contributed by atoms with Gasteiger partial charge in [0.2, 0.25) is 0 Å². The van der Waals surface area contributed by atoms with E-state index in [1.807, 2.05) is 0 Å². The average molecular weight is 357 g/mol. The third-order valence-corrected chi connectivity index (χ3v) is 4.57. The van der Waals surface area contributed by atoms with Crippen LogP contribution in [0.3, 0.4) is 0 Å². The average Bonchev–Trinajstić information content (AvgIpc) is 3.10. The van der Waals surface area contributed by atoms with Gasteiger partial charge in [-0.2, -0.15) is 0 Å². The van der Waals surface area contributed by atoms with Crippen LogP contribution in [0.2, 0.25) is 0 Å². The van der Waals surface area contributed by atoms with Crippen LogP contribution in [0.25, 0.3) is 0 Å². The normalized spacial score (nSPS) is 11.5. The fourth-order valence-electron chi connectivity index (χ4n) is 1.97. The molecule has 0 atom stereocenters. The maximum Gasteiger partial charge on any atom is 0.340 e. The first-order chi connectivity index (χ1) is 10.4. The van der Waals surface area contributed by atoms with E-state index in [4.69, 9.17) is 36.7 Å². The van der Waals surface area contributed by atoms with Crippen molar-refractivity contribution in [1.29, 1.82) is 0 Å². The molecule has 0 N–H and O–H groups in total. The standard InChI is InChI=1S/C6H10BN12S3/c1-14-4(20)17(11-8-14)7(18-5(21)15(2)9-12-18)19-6(22)16(3)10-13-19/h7H,1-3H3/q-1. The van der Waals surface area contributed by atoms with E-state index < -0.39 is 7.12 Å². The first-order valence-electron chi connectivity index (χ1n) is 6.04. The Labute approximate surface area is 138 Å². The minimum Gasteiger partial charge on any atom is -0.352 e. The molecule has 116 valence electrons. The van der Waals surface area contributed by atoms with E-state index in [0.717, 1.165) is 0 Å². The number of nitrogens with zero attached hydrogens (tertiary/aromatic N) is 12. The van der Waals surface area contributed by atoms with Crippen LogP contribution in [-0.2, 0) is 21.1 Å². The molecule has 0 saturated heterocycles. The molecule has 3 heterocycles. The van der Waals surface area contributed by atoms with Gasteiger partial charge in [0.25, 0.3) is 0 Å². The van der Waals surface area contributed by atoms with Crippen LogP contribution in [0.5, 0.6) is 0 Å². The molecule has 0 aliphatic carbocycles. The fraction of sp³-hybridized carbons (Fsp3) is 0.500. The van der Waals surface area contributed by atoms with Crippen molar-refractivity contribution >= 4 is 43.8 Å². The number of hydrogen-bond donors (Lipinski definition) is 0. The number of rotatable bonds is 3. The fourth-order valence-corrected chi connectivity index (χ4v) is 2.53. The molecule has 3 aromatic rings. The summed E-state index contributed by atoms with van der Waals surface area (Å²) in [5.74, 6) is 0. The summed E-state index contributed by atoms with van der Waals surface area (Å²) in [5.41, 5.74) is 0. The Bertz CT molecular complexity index is 868. The molecule has 0 fully saturated rings. The van der Waals surface area contributed by atoms with Crippen molar-refractivity contribution in [3.05, 3.63) is 14.3 Å². The van der Waals surface area contributed by atoms with E-state index >= 15 is 0 Å². The first-order valence-corrected chi connectivity index (χ1v) is 7.27. The van der Waals surface area contributed by atoms with Crippen molar-refractivity contribution < 1.29 is 0 Å². The quantitative estimate of drug-likeness (QED) is 0.401. The van der Waals surface area contributed by atoms with Gasteiger partial charge in [0, 0.05) is 21.1 Å². The van der Waals surface area contributed by atoms with Crippen molar-refractivity contribution in [3.63, 3.8) is 0 Å². The summed E-state index contributed by atoms with van der Waals surface area (Å²) in [5, 5.41) is 23.8. The summed E-state index contributed by atoms with van der Waals surface area (Å²) in [6.45, 7) is 0. The molecule has 16 heteroatoms. The second-order valence-corrected chi connectivity index (χ2v) is 5.67. The molecule has 0 aromatic carbocycles. The molecule has 0 aliphatic heterocycles. The van der Waals surface area contributed by atoms with Gasteiger partial charge in [-0.05, 0) is 52.3 Å². The molecule has 12 nitrogen and oxygen atoms in total. The van der Waals surface area contributed by atoms with Crippen molar-refractivity contribution in [1.82, 2.24) is 59.1 Å². The number of aromatic nitrogens is 12. The van der Waals surface area contributed by atoms with Crippen LogP contribution in [0.15, 0.2) is 0 Å². The Balaban J connectivity index is 2.33. The molecule has 0 amide bonds. The highest BCUT2D eigenvalue weighted by molar-refractivity contribution is 7.71. The van der Waals surface area contributed by atoms with Crippen LogP contribution in [0.4, 0.5) is 0 Å². The molecule has 0 aliphatic rings. The summed E-state index contributed by atoms with van der Waals surface area (Å²) in [6, 6.07) is 0. The van der Waals surface area contributed by atoms with Crippen molar-refractivity contribution in [2.24, 2.45) is 21.1 Å². The zero-order valence-electron chi connectivity index (χ0n) is 11.8. The third kappa shape index (κ3) is 2.15. The Morgan fingerprint density at radius 2 is 0.864 bits per heavy atom. The molecular weight excluding hydrogens is 347 g/mol. The largest absolute Gasteiger partial charge is 0.352 e. The SMILES string of the molecule is Cn1nnn([BH-](n2nnn(C)c2=S)n2nnn(C)c2=S)c1=S. The lowest BCUT2D eigenvalue weighted by molar-refractivity contribution is 0.678. The van der Waals surface area contributed by atoms with Crippen LogP contribution in [0.1, 0.15) is 0 Å². The van der Waals surface area contributed by atoms with E-state index in [-0.39, 0.29) is 0 Å². The minimum atomic E-state index is -1.82. The van der Waals surface area contributed by atoms with Gasteiger partial charge in [0.05, 0.1) is 0 Å². The molecule has 0 spiro atoms. The zero-order chi connectivity index (χ0) is 16.0. The predicted octanol–water partition coefficient (Wildman–Crippen LogP) is -1.67. The van der Waals surface area contributed by atoms with Gasteiger partial charge in [-0.25, -0.2) is 14.0 Å². The predicted molar refractivity (Wildman–Crippen MR) is 82.8 cm³/mol. The Hall–Kier alpha value is -2.07. The number of tetrazole rings is 3. The third-order valence-electron chi connectivity index (χ3n) is 3.14. The zero-order valence-corrected chi connectivity index (χ0v) is 14.2. The Morgan fingerprint density at radius 3 is 1.05 bits per heavy atom. The lowest BCUT2D eigenvalue weighted by Crippen LogP contribution is -2.44. The highest BCUT2D eigenvalue weighted by Crippen LogP contribution is 2.00. The van der Waals surface area contributed by atoms with Gasteiger partial charge in [0.1, 0.15) is 0 Å². The van der Waals surface area contributed by atoms with Crippen molar-refractivity contribution in [2.75, 3.05) is 0 Å². The van der Waals surface area contributed by atoms with E-state index in [1.54, 1.807) is 21.1 Å². The lowest BCUT2D eigenvalue weighted by atomic mass is 9.96.